The molecule has 0 radical (unpaired) electrons. The first-order chi connectivity index (χ1) is 10.6. The van der Waals surface area contributed by atoms with Gasteiger partial charge in [-0.3, -0.25) is 0 Å². The van der Waals surface area contributed by atoms with Crippen molar-refractivity contribution in [3.8, 4) is 5.19 Å². The van der Waals surface area contributed by atoms with E-state index in [1.54, 1.807) is 18.6 Å². The zero-order chi connectivity index (χ0) is 15.5. The Morgan fingerprint density at radius 3 is 2.55 bits per heavy atom. The predicted octanol–water partition coefficient (Wildman–Crippen LogP) is 4.03. The molecule has 0 saturated carbocycles. The van der Waals surface area contributed by atoms with Gasteiger partial charge in [0.2, 0.25) is 5.95 Å². The van der Waals surface area contributed by atoms with E-state index in [1.165, 1.54) is 11.3 Å². The molecule has 8 heteroatoms. The summed E-state index contributed by atoms with van der Waals surface area (Å²) in [7, 11) is 0. The van der Waals surface area contributed by atoms with Gasteiger partial charge in [0, 0.05) is 13.1 Å². The Balaban J connectivity index is 1.53. The molecule has 0 bridgehead atoms. The minimum Gasteiger partial charge on any atom is -0.467 e. The highest BCUT2D eigenvalue weighted by Gasteiger charge is 2.26. The standard InChI is InChI=1S/C14H16BrClN4OS/c1-9(21-14-19-8-12(15)22-14)10-2-4-20(5-3-10)13-17-6-11(16)7-18-13/h6-10H,2-5H2,1H3/t9-/m0/s1. The molecule has 2 aromatic heterocycles. The number of piperidine rings is 1. The first-order valence-electron chi connectivity index (χ1n) is 7.12. The first kappa shape index (κ1) is 16.0. The molecule has 118 valence electrons. The van der Waals surface area contributed by atoms with Crippen LogP contribution in [0.3, 0.4) is 0 Å². The Hall–Kier alpha value is -0.920. The Bertz CT molecular complexity index is 616. The van der Waals surface area contributed by atoms with Crippen molar-refractivity contribution in [1.29, 1.82) is 0 Å². The second kappa shape index (κ2) is 7.10. The van der Waals surface area contributed by atoms with Crippen molar-refractivity contribution in [2.24, 2.45) is 5.92 Å². The third-order valence-electron chi connectivity index (χ3n) is 3.84. The van der Waals surface area contributed by atoms with Gasteiger partial charge >= 0.3 is 0 Å². The highest BCUT2D eigenvalue weighted by atomic mass is 79.9. The Morgan fingerprint density at radius 2 is 1.95 bits per heavy atom. The fraction of sp³-hybridized carbons (Fsp3) is 0.500. The Labute approximate surface area is 146 Å². The number of rotatable bonds is 4. The van der Waals surface area contributed by atoms with Crippen LogP contribution in [0, 0.1) is 5.92 Å². The lowest BCUT2D eigenvalue weighted by molar-refractivity contribution is 0.132. The quantitative estimate of drug-likeness (QED) is 0.771. The molecule has 0 amide bonds. The summed E-state index contributed by atoms with van der Waals surface area (Å²) in [4.78, 5) is 15.0. The molecule has 1 aliphatic heterocycles. The maximum atomic E-state index is 5.94. The molecule has 3 heterocycles. The van der Waals surface area contributed by atoms with E-state index < -0.39 is 0 Å². The minimum atomic E-state index is 0.159. The zero-order valence-electron chi connectivity index (χ0n) is 12.1. The van der Waals surface area contributed by atoms with E-state index in [9.17, 15) is 0 Å². The highest BCUT2D eigenvalue weighted by Crippen LogP contribution is 2.30. The molecular weight excluding hydrogens is 388 g/mol. The van der Waals surface area contributed by atoms with E-state index in [0.717, 1.165) is 40.9 Å². The Morgan fingerprint density at radius 1 is 1.27 bits per heavy atom. The lowest BCUT2D eigenvalue weighted by Crippen LogP contribution is -2.39. The van der Waals surface area contributed by atoms with Crippen molar-refractivity contribution in [2.45, 2.75) is 25.9 Å². The lowest BCUT2D eigenvalue weighted by Gasteiger charge is -2.34. The number of hydrogen-bond acceptors (Lipinski definition) is 6. The molecule has 0 spiro atoms. The largest absolute Gasteiger partial charge is 0.467 e. The molecule has 1 atom stereocenters. The van der Waals surface area contributed by atoms with E-state index in [0.29, 0.717) is 10.9 Å². The van der Waals surface area contributed by atoms with Gasteiger partial charge in [-0.15, -0.1) is 0 Å². The SMILES string of the molecule is C[C@H](Oc1ncc(Br)s1)C1CCN(c2ncc(Cl)cn2)CC1. The van der Waals surface area contributed by atoms with Gasteiger partial charge in [-0.2, -0.15) is 0 Å². The van der Waals surface area contributed by atoms with Crippen LogP contribution < -0.4 is 9.64 Å². The van der Waals surface area contributed by atoms with Crippen LogP contribution in [0.15, 0.2) is 22.4 Å². The van der Waals surface area contributed by atoms with Crippen molar-refractivity contribution in [3.63, 3.8) is 0 Å². The van der Waals surface area contributed by atoms with E-state index in [2.05, 4.69) is 42.7 Å². The summed E-state index contributed by atoms with van der Waals surface area (Å²) < 4.78 is 6.93. The van der Waals surface area contributed by atoms with Crippen LogP contribution in [0.2, 0.25) is 5.02 Å². The van der Waals surface area contributed by atoms with Crippen molar-refractivity contribution in [2.75, 3.05) is 18.0 Å². The maximum Gasteiger partial charge on any atom is 0.274 e. The first-order valence-corrected chi connectivity index (χ1v) is 9.11. The molecule has 3 rings (SSSR count). The normalized spacial score (nSPS) is 17.5. The van der Waals surface area contributed by atoms with Gasteiger partial charge < -0.3 is 9.64 Å². The number of ether oxygens (including phenoxy) is 1. The van der Waals surface area contributed by atoms with Gasteiger partial charge in [0.05, 0.1) is 27.4 Å². The molecule has 2 aromatic rings. The summed E-state index contributed by atoms with van der Waals surface area (Å²) in [6.45, 7) is 3.98. The number of aromatic nitrogens is 3. The summed E-state index contributed by atoms with van der Waals surface area (Å²) in [6.07, 6.45) is 7.32. The highest BCUT2D eigenvalue weighted by molar-refractivity contribution is 9.11. The van der Waals surface area contributed by atoms with E-state index >= 15 is 0 Å². The van der Waals surface area contributed by atoms with Crippen LogP contribution in [-0.2, 0) is 0 Å². The third kappa shape index (κ3) is 3.88. The second-order valence-electron chi connectivity index (χ2n) is 5.28. The number of anilines is 1. The average molecular weight is 404 g/mol. The molecule has 0 aromatic carbocycles. The van der Waals surface area contributed by atoms with Crippen molar-refractivity contribution in [3.05, 3.63) is 27.4 Å². The third-order valence-corrected chi connectivity index (χ3v) is 5.40. The van der Waals surface area contributed by atoms with Crippen LogP contribution >= 0.6 is 38.9 Å². The number of nitrogens with zero attached hydrogens (tertiary/aromatic N) is 4. The van der Waals surface area contributed by atoms with E-state index in [-0.39, 0.29) is 6.10 Å². The summed E-state index contributed by atoms with van der Waals surface area (Å²) >= 11 is 10.7. The van der Waals surface area contributed by atoms with Crippen molar-refractivity contribution in [1.82, 2.24) is 15.0 Å². The van der Waals surface area contributed by atoms with Crippen molar-refractivity contribution >= 4 is 44.8 Å². The van der Waals surface area contributed by atoms with Crippen LogP contribution in [-0.4, -0.2) is 34.1 Å². The summed E-state index contributed by atoms with van der Waals surface area (Å²) in [5.74, 6) is 1.27. The number of thiazole rings is 1. The predicted molar refractivity (Wildman–Crippen MR) is 91.9 cm³/mol. The molecule has 1 aliphatic rings. The average Bonchev–Trinajstić information content (AvgIpc) is 2.93. The van der Waals surface area contributed by atoms with Gasteiger partial charge in [0.1, 0.15) is 6.10 Å². The molecule has 5 nitrogen and oxygen atoms in total. The van der Waals surface area contributed by atoms with Crippen LogP contribution in [0.1, 0.15) is 19.8 Å². The molecule has 22 heavy (non-hydrogen) atoms. The summed E-state index contributed by atoms with van der Waals surface area (Å²) in [6, 6.07) is 0. The molecule has 1 saturated heterocycles. The minimum absolute atomic E-state index is 0.159. The molecule has 0 N–H and O–H groups in total. The lowest BCUT2D eigenvalue weighted by atomic mass is 9.92. The fourth-order valence-corrected chi connectivity index (χ4v) is 3.78. The molecule has 0 aliphatic carbocycles. The number of hydrogen-bond donors (Lipinski definition) is 0. The van der Waals surface area contributed by atoms with Gasteiger partial charge in [-0.25, -0.2) is 15.0 Å². The van der Waals surface area contributed by atoms with Gasteiger partial charge in [-0.1, -0.05) is 22.9 Å². The fourth-order valence-electron chi connectivity index (χ4n) is 2.59. The molecule has 0 unspecified atom stereocenters. The second-order valence-corrected chi connectivity index (χ2v) is 8.09. The van der Waals surface area contributed by atoms with Gasteiger partial charge in [-0.05, 0) is 41.6 Å². The van der Waals surface area contributed by atoms with E-state index in [4.69, 9.17) is 16.3 Å². The summed E-state index contributed by atoms with van der Waals surface area (Å²) in [5, 5.41) is 1.29. The zero-order valence-corrected chi connectivity index (χ0v) is 15.2. The molecular formula is C14H16BrClN4OS. The van der Waals surface area contributed by atoms with Gasteiger partial charge in [0.25, 0.3) is 5.19 Å². The van der Waals surface area contributed by atoms with Crippen LogP contribution in [0.5, 0.6) is 5.19 Å². The smallest absolute Gasteiger partial charge is 0.274 e. The van der Waals surface area contributed by atoms with Crippen LogP contribution in [0.25, 0.3) is 0 Å². The van der Waals surface area contributed by atoms with Gasteiger partial charge in [0.15, 0.2) is 0 Å². The monoisotopic (exact) mass is 402 g/mol. The number of halogens is 2. The van der Waals surface area contributed by atoms with Crippen LogP contribution in [0.4, 0.5) is 5.95 Å². The topological polar surface area (TPSA) is 51.1 Å². The summed E-state index contributed by atoms with van der Waals surface area (Å²) in [5.41, 5.74) is 0. The van der Waals surface area contributed by atoms with E-state index in [1.807, 2.05) is 0 Å². The van der Waals surface area contributed by atoms with Crippen molar-refractivity contribution < 1.29 is 4.74 Å². The Kier molecular flexibility index (Phi) is 5.15. The maximum absolute atomic E-state index is 5.94. The molecule has 1 fully saturated rings.